The maximum atomic E-state index is 10.5. The number of carbonyl (C=O) groups excluding carboxylic acids is 1. The third-order valence-corrected chi connectivity index (χ3v) is 1.93. The van der Waals surface area contributed by atoms with Crippen molar-refractivity contribution in [3.05, 3.63) is 23.8 Å². The fourth-order valence-electron chi connectivity index (χ4n) is 1.17. The van der Waals surface area contributed by atoms with Crippen molar-refractivity contribution in [2.75, 3.05) is 7.11 Å². The van der Waals surface area contributed by atoms with Gasteiger partial charge in [0.1, 0.15) is 0 Å². The molecule has 5 heteroatoms. The lowest BCUT2D eigenvalue weighted by Gasteiger charge is -2.04. The van der Waals surface area contributed by atoms with Gasteiger partial charge in [0.05, 0.1) is 13.7 Å². The predicted octanol–water partition coefficient (Wildman–Crippen LogP) is 1.27. The molecule has 1 aromatic rings. The SMILES string of the molecule is COc1ccc(CN2OC2=O)cc1O. The number of benzene rings is 1. The minimum absolute atomic E-state index is 0.0549. The maximum absolute atomic E-state index is 10.5. The van der Waals surface area contributed by atoms with Crippen LogP contribution < -0.4 is 4.74 Å². The Morgan fingerprint density at radius 2 is 2.29 bits per heavy atom. The summed E-state index contributed by atoms with van der Waals surface area (Å²) in [4.78, 5) is 15.0. The van der Waals surface area contributed by atoms with E-state index in [0.717, 1.165) is 5.56 Å². The number of hydrogen-bond donors (Lipinski definition) is 1. The lowest BCUT2D eigenvalue weighted by atomic mass is 10.2. The Labute approximate surface area is 80.4 Å². The molecule has 2 rings (SSSR count). The van der Waals surface area contributed by atoms with Gasteiger partial charge < -0.3 is 14.7 Å². The molecule has 1 aliphatic rings. The number of hydroxylamine groups is 2. The van der Waals surface area contributed by atoms with Crippen molar-refractivity contribution in [1.29, 1.82) is 0 Å². The number of rotatable bonds is 3. The van der Waals surface area contributed by atoms with Gasteiger partial charge in [0.25, 0.3) is 0 Å². The molecule has 5 nitrogen and oxygen atoms in total. The second-order valence-electron chi connectivity index (χ2n) is 2.90. The number of phenolic OH excluding ortho intramolecular Hbond substituents is 1. The topological polar surface area (TPSA) is 62.1 Å². The van der Waals surface area contributed by atoms with Crippen LogP contribution in [0.3, 0.4) is 0 Å². The second kappa shape index (κ2) is 3.10. The van der Waals surface area contributed by atoms with Crippen molar-refractivity contribution in [3.8, 4) is 11.5 Å². The number of ether oxygens (including phenoxy) is 1. The molecule has 74 valence electrons. The van der Waals surface area contributed by atoms with E-state index in [-0.39, 0.29) is 11.8 Å². The van der Waals surface area contributed by atoms with Crippen molar-refractivity contribution in [2.45, 2.75) is 6.54 Å². The van der Waals surface area contributed by atoms with E-state index in [9.17, 15) is 9.90 Å². The molecular weight excluding hydrogens is 186 g/mol. The van der Waals surface area contributed by atoms with E-state index in [4.69, 9.17) is 4.74 Å². The van der Waals surface area contributed by atoms with Gasteiger partial charge in [-0.2, -0.15) is 0 Å². The molecule has 0 saturated carbocycles. The van der Waals surface area contributed by atoms with Crippen LogP contribution in [0.5, 0.6) is 11.5 Å². The smallest absolute Gasteiger partial charge is 0.468 e. The third-order valence-electron chi connectivity index (χ3n) is 1.93. The number of phenols is 1. The van der Waals surface area contributed by atoms with Crippen LogP contribution in [0.15, 0.2) is 18.2 Å². The molecule has 14 heavy (non-hydrogen) atoms. The van der Waals surface area contributed by atoms with E-state index >= 15 is 0 Å². The fraction of sp³-hybridized carbons (Fsp3) is 0.222. The highest BCUT2D eigenvalue weighted by Crippen LogP contribution is 2.28. The molecule has 1 N–H and O–H groups in total. The molecule has 0 aliphatic carbocycles. The minimum Gasteiger partial charge on any atom is -0.504 e. The van der Waals surface area contributed by atoms with Crippen molar-refractivity contribution in [1.82, 2.24) is 5.06 Å². The Balaban J connectivity index is 2.11. The summed E-state index contributed by atoms with van der Waals surface area (Å²) in [6, 6.07) is 4.93. The zero-order valence-corrected chi connectivity index (χ0v) is 7.56. The molecule has 1 aromatic carbocycles. The lowest BCUT2D eigenvalue weighted by molar-refractivity contribution is 0.193. The summed E-state index contributed by atoms with van der Waals surface area (Å²) in [6.07, 6.45) is -0.347. The Morgan fingerprint density at radius 1 is 1.57 bits per heavy atom. The van der Waals surface area contributed by atoms with Gasteiger partial charge in [0.2, 0.25) is 0 Å². The Morgan fingerprint density at radius 3 is 2.79 bits per heavy atom. The van der Waals surface area contributed by atoms with Gasteiger partial charge in [-0.15, -0.1) is 5.06 Å². The average Bonchev–Trinajstić information content (AvgIpc) is 2.82. The summed E-state index contributed by atoms with van der Waals surface area (Å²) in [5.41, 5.74) is 0.786. The first kappa shape index (κ1) is 8.68. The van der Waals surface area contributed by atoms with E-state index < -0.39 is 0 Å². The Bertz CT molecular complexity index is 377. The highest BCUT2D eigenvalue weighted by atomic mass is 16.9. The van der Waals surface area contributed by atoms with Crippen LogP contribution >= 0.6 is 0 Å². The number of carbonyl (C=O) groups is 1. The van der Waals surface area contributed by atoms with Gasteiger partial charge in [-0.05, 0) is 17.7 Å². The fourth-order valence-corrected chi connectivity index (χ4v) is 1.17. The second-order valence-corrected chi connectivity index (χ2v) is 2.90. The first-order chi connectivity index (χ1) is 6.70. The molecule has 1 aliphatic heterocycles. The third kappa shape index (κ3) is 1.56. The zero-order valence-electron chi connectivity index (χ0n) is 7.56. The van der Waals surface area contributed by atoms with Crippen LogP contribution in [0.25, 0.3) is 0 Å². The molecule has 0 bridgehead atoms. The van der Waals surface area contributed by atoms with Crippen LogP contribution in [0.1, 0.15) is 5.56 Å². The summed E-state index contributed by atoms with van der Waals surface area (Å²) in [5, 5.41) is 10.6. The Hall–Kier alpha value is -1.91. The van der Waals surface area contributed by atoms with Gasteiger partial charge >= 0.3 is 6.09 Å². The van der Waals surface area contributed by atoms with Gasteiger partial charge in [0.15, 0.2) is 11.5 Å². The van der Waals surface area contributed by atoms with Crippen LogP contribution in [-0.4, -0.2) is 23.4 Å². The summed E-state index contributed by atoms with van der Waals surface area (Å²) in [7, 11) is 1.48. The predicted molar refractivity (Wildman–Crippen MR) is 46.7 cm³/mol. The molecule has 0 unspecified atom stereocenters. The normalized spacial score (nSPS) is 13.8. The van der Waals surface area contributed by atoms with E-state index in [0.29, 0.717) is 12.3 Å². The van der Waals surface area contributed by atoms with Crippen molar-refractivity contribution in [3.63, 3.8) is 0 Å². The molecule has 1 heterocycles. The van der Waals surface area contributed by atoms with Crippen LogP contribution in [0.2, 0.25) is 0 Å². The highest BCUT2D eigenvalue weighted by Gasteiger charge is 2.34. The van der Waals surface area contributed by atoms with Crippen LogP contribution in [0, 0.1) is 0 Å². The molecule has 1 amide bonds. The molecule has 1 fully saturated rings. The number of amides is 1. The van der Waals surface area contributed by atoms with E-state index in [1.807, 2.05) is 0 Å². The molecule has 0 radical (unpaired) electrons. The molecule has 1 saturated heterocycles. The minimum atomic E-state index is -0.347. The number of aromatic hydroxyl groups is 1. The van der Waals surface area contributed by atoms with E-state index in [1.165, 1.54) is 18.2 Å². The van der Waals surface area contributed by atoms with Crippen molar-refractivity contribution in [2.24, 2.45) is 0 Å². The summed E-state index contributed by atoms with van der Waals surface area (Å²) in [6.45, 7) is 0.344. The monoisotopic (exact) mass is 195 g/mol. The molecule has 0 atom stereocenters. The highest BCUT2D eigenvalue weighted by molar-refractivity contribution is 5.76. The van der Waals surface area contributed by atoms with Crippen molar-refractivity contribution < 1.29 is 19.5 Å². The molecule has 0 aromatic heterocycles. The van der Waals surface area contributed by atoms with Gasteiger partial charge in [-0.3, -0.25) is 0 Å². The summed E-state index contributed by atoms with van der Waals surface area (Å²) < 4.78 is 4.88. The largest absolute Gasteiger partial charge is 0.504 e. The average molecular weight is 195 g/mol. The summed E-state index contributed by atoms with van der Waals surface area (Å²) in [5.74, 6) is 0.464. The zero-order chi connectivity index (χ0) is 10.1. The quantitative estimate of drug-likeness (QED) is 0.737. The van der Waals surface area contributed by atoms with Gasteiger partial charge in [-0.25, -0.2) is 4.79 Å². The van der Waals surface area contributed by atoms with E-state index in [2.05, 4.69) is 4.84 Å². The van der Waals surface area contributed by atoms with Crippen LogP contribution in [-0.2, 0) is 11.4 Å². The molecular formula is C9H9NO4. The van der Waals surface area contributed by atoms with E-state index in [1.54, 1.807) is 12.1 Å². The summed E-state index contributed by atoms with van der Waals surface area (Å²) >= 11 is 0. The standard InChI is InChI=1S/C9H9NO4/c1-13-8-3-2-6(4-7(8)11)5-10-9(12)14-10/h2-4,11H,5H2,1H3. The maximum Gasteiger partial charge on any atom is 0.468 e. The first-order valence-corrected chi connectivity index (χ1v) is 4.06. The lowest BCUT2D eigenvalue weighted by Crippen LogP contribution is -1.97. The first-order valence-electron chi connectivity index (χ1n) is 4.06. The van der Waals surface area contributed by atoms with Gasteiger partial charge in [-0.1, -0.05) is 6.07 Å². The van der Waals surface area contributed by atoms with Crippen LogP contribution in [0.4, 0.5) is 4.79 Å². The van der Waals surface area contributed by atoms with Gasteiger partial charge in [0, 0.05) is 0 Å². The van der Waals surface area contributed by atoms with Crippen molar-refractivity contribution >= 4 is 6.09 Å². The Kier molecular flexibility index (Phi) is 1.92. The number of nitrogens with zero attached hydrogens (tertiary/aromatic N) is 1. The number of hydrogen-bond acceptors (Lipinski definition) is 4. The molecule has 0 spiro atoms. The number of methoxy groups -OCH3 is 1.